The van der Waals surface area contributed by atoms with Crippen molar-refractivity contribution >= 4 is 0 Å². The molecule has 0 N–H and O–H groups in total. The highest BCUT2D eigenvalue weighted by Gasteiger charge is 2.35. The molecule has 2 heteroatoms. The van der Waals surface area contributed by atoms with Gasteiger partial charge in [0.2, 0.25) is 0 Å². The largest absolute Gasteiger partial charge is 0.352 e. The van der Waals surface area contributed by atoms with Crippen LogP contribution in [0.5, 0.6) is 0 Å². The summed E-state index contributed by atoms with van der Waals surface area (Å²) in [5.41, 5.74) is 0. The maximum absolute atomic E-state index is 6.01. The molecule has 0 aromatic heterocycles. The SMILES string of the molecule is C/C=C/CCC1OCC(C2CCC(C3CCC(CCC)CC3)CC2)CO1. The minimum Gasteiger partial charge on any atom is -0.352 e. The van der Waals surface area contributed by atoms with E-state index in [1.54, 1.807) is 0 Å². The minimum absolute atomic E-state index is 0.0390. The molecule has 2 saturated carbocycles. The second kappa shape index (κ2) is 10.9. The van der Waals surface area contributed by atoms with Crippen molar-refractivity contribution in [3.8, 4) is 0 Å². The lowest BCUT2D eigenvalue weighted by Gasteiger charge is -2.41. The average Bonchev–Trinajstić information content (AvgIpc) is 2.70. The van der Waals surface area contributed by atoms with Gasteiger partial charge in [0.05, 0.1) is 13.2 Å². The summed E-state index contributed by atoms with van der Waals surface area (Å²) in [6.45, 7) is 6.28. The van der Waals surface area contributed by atoms with Crippen molar-refractivity contribution in [1.29, 1.82) is 0 Å². The van der Waals surface area contributed by atoms with Gasteiger partial charge in [0, 0.05) is 12.3 Å². The van der Waals surface area contributed by atoms with E-state index >= 15 is 0 Å². The van der Waals surface area contributed by atoms with Crippen LogP contribution < -0.4 is 0 Å². The van der Waals surface area contributed by atoms with E-state index in [9.17, 15) is 0 Å². The van der Waals surface area contributed by atoms with Crippen LogP contribution in [-0.4, -0.2) is 19.5 Å². The van der Waals surface area contributed by atoms with Crippen LogP contribution in [0.3, 0.4) is 0 Å². The Balaban J connectivity index is 1.33. The lowest BCUT2D eigenvalue weighted by molar-refractivity contribution is -0.212. The Morgan fingerprint density at radius 1 is 0.731 bits per heavy atom. The van der Waals surface area contributed by atoms with Gasteiger partial charge < -0.3 is 9.47 Å². The Bertz CT molecular complexity index is 394. The maximum atomic E-state index is 6.01. The van der Waals surface area contributed by atoms with Gasteiger partial charge in [-0.3, -0.25) is 0 Å². The van der Waals surface area contributed by atoms with Crippen LogP contribution in [0.1, 0.15) is 90.9 Å². The zero-order valence-corrected chi connectivity index (χ0v) is 17.3. The molecule has 1 aliphatic heterocycles. The molecule has 2 aliphatic carbocycles. The van der Waals surface area contributed by atoms with Crippen molar-refractivity contribution in [3.63, 3.8) is 0 Å². The summed E-state index contributed by atoms with van der Waals surface area (Å²) >= 11 is 0. The molecular weight excluding hydrogens is 320 g/mol. The zero-order valence-electron chi connectivity index (χ0n) is 17.3. The molecular formula is C24H42O2. The Hall–Kier alpha value is -0.340. The Morgan fingerprint density at radius 3 is 1.81 bits per heavy atom. The first-order chi connectivity index (χ1) is 12.8. The normalized spacial score (nSPS) is 39.3. The molecule has 3 fully saturated rings. The van der Waals surface area contributed by atoms with E-state index in [1.807, 2.05) is 0 Å². The zero-order chi connectivity index (χ0) is 18.2. The molecule has 0 amide bonds. The minimum atomic E-state index is 0.0390. The molecule has 1 heterocycles. The highest BCUT2D eigenvalue weighted by Crippen LogP contribution is 2.44. The van der Waals surface area contributed by atoms with Gasteiger partial charge in [-0.1, -0.05) is 44.8 Å². The van der Waals surface area contributed by atoms with Gasteiger partial charge in [-0.05, 0) is 75.5 Å². The molecule has 3 aliphatic rings. The summed E-state index contributed by atoms with van der Waals surface area (Å²) < 4.78 is 12.0. The molecule has 2 nitrogen and oxygen atoms in total. The fraction of sp³-hybridized carbons (Fsp3) is 0.917. The highest BCUT2D eigenvalue weighted by atomic mass is 16.7. The van der Waals surface area contributed by atoms with Crippen LogP contribution in [0.4, 0.5) is 0 Å². The van der Waals surface area contributed by atoms with Crippen LogP contribution in [0.15, 0.2) is 12.2 Å². The van der Waals surface area contributed by atoms with E-state index in [0.717, 1.165) is 49.7 Å². The van der Waals surface area contributed by atoms with Crippen molar-refractivity contribution in [2.24, 2.45) is 29.6 Å². The number of ether oxygens (including phenoxy) is 2. The fourth-order valence-corrected chi connectivity index (χ4v) is 5.84. The molecule has 26 heavy (non-hydrogen) atoms. The first kappa shape index (κ1) is 20.4. The molecule has 0 atom stereocenters. The van der Waals surface area contributed by atoms with Crippen LogP contribution in [0.25, 0.3) is 0 Å². The summed E-state index contributed by atoms with van der Waals surface area (Å²) in [4.78, 5) is 0. The van der Waals surface area contributed by atoms with E-state index in [1.165, 1.54) is 64.2 Å². The number of rotatable bonds is 7. The molecule has 0 unspecified atom stereocenters. The second-order valence-electron chi connectivity index (χ2n) is 9.25. The molecule has 3 rings (SSSR count). The summed E-state index contributed by atoms with van der Waals surface area (Å²) in [7, 11) is 0. The molecule has 0 aromatic rings. The third kappa shape index (κ3) is 5.83. The topological polar surface area (TPSA) is 18.5 Å². The van der Waals surface area contributed by atoms with E-state index in [2.05, 4.69) is 26.0 Å². The van der Waals surface area contributed by atoms with Gasteiger partial charge in [-0.25, -0.2) is 0 Å². The molecule has 0 spiro atoms. The van der Waals surface area contributed by atoms with Gasteiger partial charge in [0.15, 0.2) is 6.29 Å². The van der Waals surface area contributed by atoms with Crippen LogP contribution in [0, 0.1) is 29.6 Å². The smallest absolute Gasteiger partial charge is 0.157 e. The van der Waals surface area contributed by atoms with Gasteiger partial charge in [0.25, 0.3) is 0 Å². The third-order valence-corrected chi connectivity index (χ3v) is 7.54. The molecule has 0 radical (unpaired) electrons. The maximum Gasteiger partial charge on any atom is 0.157 e. The lowest BCUT2D eigenvalue weighted by atomic mass is 9.67. The van der Waals surface area contributed by atoms with Gasteiger partial charge in [-0.15, -0.1) is 0 Å². The Labute approximate surface area is 162 Å². The van der Waals surface area contributed by atoms with Crippen molar-refractivity contribution in [2.45, 2.75) is 97.2 Å². The predicted molar refractivity (Wildman–Crippen MR) is 109 cm³/mol. The van der Waals surface area contributed by atoms with E-state index in [0.29, 0.717) is 5.92 Å². The molecule has 150 valence electrons. The fourth-order valence-electron chi connectivity index (χ4n) is 5.84. The monoisotopic (exact) mass is 362 g/mol. The molecule has 1 saturated heterocycles. The highest BCUT2D eigenvalue weighted by molar-refractivity contribution is 4.85. The van der Waals surface area contributed by atoms with Gasteiger partial charge >= 0.3 is 0 Å². The van der Waals surface area contributed by atoms with E-state index in [4.69, 9.17) is 9.47 Å². The lowest BCUT2D eigenvalue weighted by Crippen LogP contribution is -2.38. The van der Waals surface area contributed by atoms with Crippen molar-refractivity contribution in [3.05, 3.63) is 12.2 Å². The summed E-state index contributed by atoms with van der Waals surface area (Å²) in [6.07, 6.45) is 21.1. The Kier molecular flexibility index (Phi) is 8.52. The standard InChI is InChI=1S/C24H42O2/c1-3-5-6-8-24-25-17-23(18-26-24)22-15-13-21(14-16-22)20-11-9-19(7-4-2)10-12-20/h3,5,19-24H,4,6-18H2,1-2H3/b5-3+. The van der Waals surface area contributed by atoms with Crippen LogP contribution in [-0.2, 0) is 9.47 Å². The van der Waals surface area contributed by atoms with E-state index in [-0.39, 0.29) is 6.29 Å². The second-order valence-corrected chi connectivity index (χ2v) is 9.25. The quantitative estimate of drug-likeness (QED) is 0.467. The van der Waals surface area contributed by atoms with Crippen LogP contribution in [0.2, 0.25) is 0 Å². The predicted octanol–water partition coefficient (Wildman–Crippen LogP) is 6.74. The van der Waals surface area contributed by atoms with Crippen molar-refractivity contribution in [1.82, 2.24) is 0 Å². The summed E-state index contributed by atoms with van der Waals surface area (Å²) in [6, 6.07) is 0. The first-order valence-electron chi connectivity index (χ1n) is 11.6. The number of hydrogen-bond donors (Lipinski definition) is 0. The average molecular weight is 363 g/mol. The number of allylic oxidation sites excluding steroid dienone is 2. The van der Waals surface area contributed by atoms with Gasteiger partial charge in [-0.2, -0.15) is 0 Å². The summed E-state index contributed by atoms with van der Waals surface area (Å²) in [5.74, 6) is 4.60. The molecule has 0 bridgehead atoms. The van der Waals surface area contributed by atoms with Crippen LogP contribution >= 0.6 is 0 Å². The van der Waals surface area contributed by atoms with Gasteiger partial charge in [0.1, 0.15) is 0 Å². The Morgan fingerprint density at radius 2 is 1.27 bits per heavy atom. The summed E-state index contributed by atoms with van der Waals surface area (Å²) in [5, 5.41) is 0. The third-order valence-electron chi connectivity index (χ3n) is 7.54. The van der Waals surface area contributed by atoms with Crippen molar-refractivity contribution in [2.75, 3.05) is 13.2 Å². The van der Waals surface area contributed by atoms with Crippen molar-refractivity contribution < 1.29 is 9.47 Å². The van der Waals surface area contributed by atoms with E-state index < -0.39 is 0 Å². The first-order valence-corrected chi connectivity index (χ1v) is 11.6. The molecule has 0 aromatic carbocycles. The number of hydrogen-bond acceptors (Lipinski definition) is 2.